The lowest BCUT2D eigenvalue weighted by Gasteiger charge is -2.32. The van der Waals surface area contributed by atoms with Crippen molar-refractivity contribution in [3.05, 3.63) is 23.8 Å². The summed E-state index contributed by atoms with van der Waals surface area (Å²) in [6.45, 7) is 13.7. The molecule has 3 atom stereocenters. The van der Waals surface area contributed by atoms with E-state index in [-0.39, 0.29) is 29.9 Å². The van der Waals surface area contributed by atoms with E-state index >= 15 is 0 Å². The Bertz CT molecular complexity index is 928. The third kappa shape index (κ3) is 9.14. The molecule has 0 saturated carbocycles. The number of carboxylic acid groups (broad SMARTS) is 1. The summed E-state index contributed by atoms with van der Waals surface area (Å²) >= 11 is 0. The number of aliphatic carboxylic acids is 1. The molecule has 10 nitrogen and oxygen atoms in total. The monoisotopic (exact) mass is 509 g/mol. The minimum Gasteiger partial charge on any atom is -0.477 e. The predicted molar refractivity (Wildman–Crippen MR) is 132 cm³/mol. The number of carboxylic acids is 1. The van der Waals surface area contributed by atoms with Crippen molar-refractivity contribution in [1.82, 2.24) is 5.32 Å². The van der Waals surface area contributed by atoms with Gasteiger partial charge in [0, 0.05) is 12.5 Å². The number of carbonyl (C=O) groups excluding carboxylic acids is 3. The lowest BCUT2D eigenvalue weighted by molar-refractivity contribution is -0.167. The van der Waals surface area contributed by atoms with E-state index in [1.165, 1.54) is 18.2 Å². The number of hydrogen-bond acceptors (Lipinski definition) is 9. The Morgan fingerprint density at radius 3 is 1.86 bits per heavy atom. The fraction of sp³-hybridized carbons (Fsp3) is 0.615. The molecule has 0 aliphatic rings. The second-order valence-electron chi connectivity index (χ2n) is 9.37. The van der Waals surface area contributed by atoms with E-state index < -0.39 is 41.8 Å². The Morgan fingerprint density at radius 1 is 0.889 bits per heavy atom. The van der Waals surface area contributed by atoms with Gasteiger partial charge in [0.05, 0.1) is 17.9 Å². The minimum absolute atomic E-state index is 0.0265. The van der Waals surface area contributed by atoms with Crippen molar-refractivity contribution in [3.8, 4) is 11.5 Å². The van der Waals surface area contributed by atoms with Crippen LogP contribution in [0.15, 0.2) is 18.2 Å². The molecule has 202 valence electrons. The van der Waals surface area contributed by atoms with Gasteiger partial charge in [0.2, 0.25) is 0 Å². The highest BCUT2D eigenvalue weighted by Crippen LogP contribution is 2.32. The van der Waals surface area contributed by atoms with E-state index in [1.807, 2.05) is 13.8 Å². The van der Waals surface area contributed by atoms with Crippen LogP contribution >= 0.6 is 0 Å². The molecule has 2 N–H and O–H groups in total. The zero-order valence-corrected chi connectivity index (χ0v) is 22.4. The van der Waals surface area contributed by atoms with Gasteiger partial charge >= 0.3 is 24.1 Å². The number of hydrogen-bond donors (Lipinski definition) is 2. The Labute approximate surface area is 212 Å². The van der Waals surface area contributed by atoms with Crippen molar-refractivity contribution >= 4 is 24.1 Å². The average molecular weight is 510 g/mol. The van der Waals surface area contributed by atoms with Crippen molar-refractivity contribution in [2.75, 3.05) is 0 Å². The molecule has 0 aliphatic carbocycles. The lowest BCUT2D eigenvalue weighted by Crippen LogP contribution is -2.59. The summed E-state index contributed by atoms with van der Waals surface area (Å²) in [5.41, 5.74) is -1.83. The van der Waals surface area contributed by atoms with Crippen LogP contribution in [0.3, 0.4) is 0 Å². The second kappa shape index (κ2) is 13.8. The third-order valence-corrected chi connectivity index (χ3v) is 5.37. The van der Waals surface area contributed by atoms with Gasteiger partial charge in [-0.1, -0.05) is 33.8 Å². The first-order valence-electron chi connectivity index (χ1n) is 12.2. The molecule has 0 aromatic heterocycles. The Kier molecular flexibility index (Phi) is 11.9. The molecule has 0 amide bonds. The number of carbonyl (C=O) groups is 4. The number of ether oxygens (including phenoxy) is 4. The Balaban J connectivity index is 3.47. The summed E-state index contributed by atoms with van der Waals surface area (Å²) in [7, 11) is 0. The lowest BCUT2D eigenvalue weighted by atomic mass is 10.0. The van der Waals surface area contributed by atoms with Crippen LogP contribution in [0.5, 0.6) is 11.5 Å². The molecular formula is C26H39NO9. The van der Waals surface area contributed by atoms with Gasteiger partial charge in [0.15, 0.2) is 11.5 Å². The summed E-state index contributed by atoms with van der Waals surface area (Å²) in [4.78, 5) is 49.5. The van der Waals surface area contributed by atoms with E-state index in [1.54, 1.807) is 41.5 Å². The minimum atomic E-state index is -2.17. The van der Waals surface area contributed by atoms with Gasteiger partial charge in [-0.15, -0.1) is 0 Å². The van der Waals surface area contributed by atoms with Crippen molar-refractivity contribution < 1.29 is 43.2 Å². The van der Waals surface area contributed by atoms with Gasteiger partial charge in [-0.3, -0.25) is 14.9 Å². The van der Waals surface area contributed by atoms with Crippen LogP contribution in [-0.4, -0.2) is 47.0 Å². The number of rotatable bonds is 13. The quantitative estimate of drug-likeness (QED) is 0.222. The maximum atomic E-state index is 12.5. The van der Waals surface area contributed by atoms with Gasteiger partial charge in [-0.05, 0) is 58.2 Å². The molecule has 1 rings (SSSR count). The van der Waals surface area contributed by atoms with Gasteiger partial charge in [-0.25, -0.2) is 9.59 Å². The molecule has 0 aliphatic heterocycles. The highest BCUT2D eigenvalue weighted by atomic mass is 16.7. The third-order valence-electron chi connectivity index (χ3n) is 5.37. The SMILES string of the molecule is CCC(C)C(=O)Oc1ccc(C[C@](NC(C)C)(OC(=O)OC(C)C)C(=O)O)cc1OC(=O)C(C)CC. The molecule has 0 radical (unpaired) electrons. The molecule has 0 bridgehead atoms. The van der Waals surface area contributed by atoms with E-state index in [2.05, 4.69) is 5.32 Å². The molecular weight excluding hydrogens is 470 g/mol. The first-order chi connectivity index (χ1) is 16.7. The van der Waals surface area contributed by atoms with Crippen LogP contribution in [0.4, 0.5) is 4.79 Å². The molecule has 1 aromatic rings. The summed E-state index contributed by atoms with van der Waals surface area (Å²) in [6, 6.07) is 3.95. The van der Waals surface area contributed by atoms with Gasteiger partial charge in [0.25, 0.3) is 5.72 Å². The highest BCUT2D eigenvalue weighted by molar-refractivity contribution is 5.81. The van der Waals surface area contributed by atoms with E-state index in [4.69, 9.17) is 18.9 Å². The maximum absolute atomic E-state index is 12.5. The number of nitrogens with one attached hydrogen (secondary N) is 1. The Hall–Kier alpha value is -3.14. The topological polar surface area (TPSA) is 137 Å². The molecule has 36 heavy (non-hydrogen) atoms. The smallest absolute Gasteiger partial charge is 0.477 e. The average Bonchev–Trinajstić information content (AvgIpc) is 2.78. The normalized spacial score (nSPS) is 14.5. The summed E-state index contributed by atoms with van der Waals surface area (Å²) in [6.07, 6.45) is -0.907. The largest absolute Gasteiger partial charge is 0.510 e. The van der Waals surface area contributed by atoms with E-state index in [0.717, 1.165) is 0 Å². The van der Waals surface area contributed by atoms with Crippen LogP contribution in [-0.2, 0) is 30.3 Å². The molecule has 0 saturated heterocycles. The van der Waals surface area contributed by atoms with Crippen molar-refractivity contribution in [3.63, 3.8) is 0 Å². The van der Waals surface area contributed by atoms with Crippen LogP contribution in [0.1, 0.15) is 73.8 Å². The van der Waals surface area contributed by atoms with Crippen LogP contribution in [0.2, 0.25) is 0 Å². The van der Waals surface area contributed by atoms with Gasteiger partial charge < -0.3 is 24.1 Å². The zero-order valence-electron chi connectivity index (χ0n) is 22.4. The summed E-state index contributed by atoms with van der Waals surface area (Å²) < 4.78 is 21.3. The van der Waals surface area contributed by atoms with Crippen LogP contribution in [0.25, 0.3) is 0 Å². The van der Waals surface area contributed by atoms with Crippen molar-refractivity contribution in [2.24, 2.45) is 11.8 Å². The first-order valence-corrected chi connectivity index (χ1v) is 12.2. The number of benzene rings is 1. The molecule has 0 fully saturated rings. The second-order valence-corrected chi connectivity index (χ2v) is 9.37. The van der Waals surface area contributed by atoms with E-state index in [9.17, 15) is 24.3 Å². The molecule has 1 aromatic carbocycles. The fourth-order valence-corrected chi connectivity index (χ4v) is 2.99. The standard InChI is InChI=1S/C26H39NO9/c1-9-17(7)22(28)34-20-12-11-19(13-21(20)35-23(29)18(8)10-2)14-26(24(30)31,27-15(3)4)36-25(32)33-16(5)6/h11-13,15-18,27H,9-10,14H2,1-8H3,(H,30,31)/t17?,18?,26-/m0/s1. The fourth-order valence-electron chi connectivity index (χ4n) is 2.99. The Morgan fingerprint density at radius 2 is 1.42 bits per heavy atom. The van der Waals surface area contributed by atoms with Gasteiger partial charge in [0.1, 0.15) is 0 Å². The molecule has 0 spiro atoms. The maximum Gasteiger partial charge on any atom is 0.510 e. The summed E-state index contributed by atoms with van der Waals surface area (Å²) in [5, 5.41) is 12.8. The first kappa shape index (κ1) is 30.9. The predicted octanol–water partition coefficient (Wildman–Crippen LogP) is 4.47. The summed E-state index contributed by atoms with van der Waals surface area (Å²) in [5.74, 6) is -3.27. The zero-order chi connectivity index (χ0) is 27.6. The van der Waals surface area contributed by atoms with Crippen molar-refractivity contribution in [2.45, 2.75) is 92.5 Å². The van der Waals surface area contributed by atoms with Crippen LogP contribution in [0, 0.1) is 11.8 Å². The molecule has 10 heteroatoms. The molecule has 0 heterocycles. The van der Waals surface area contributed by atoms with Crippen molar-refractivity contribution in [1.29, 1.82) is 0 Å². The molecule has 2 unspecified atom stereocenters. The number of esters is 2. The highest BCUT2D eigenvalue weighted by Gasteiger charge is 2.44. The van der Waals surface area contributed by atoms with E-state index in [0.29, 0.717) is 18.4 Å². The van der Waals surface area contributed by atoms with Gasteiger partial charge in [-0.2, -0.15) is 0 Å². The van der Waals surface area contributed by atoms with Crippen LogP contribution < -0.4 is 14.8 Å².